The molecule has 2 aromatic heterocycles. The van der Waals surface area contributed by atoms with E-state index in [1.165, 1.54) is 6.07 Å². The zero-order valence-corrected chi connectivity index (χ0v) is 29.9. The average molecular weight is 699 g/mol. The van der Waals surface area contributed by atoms with Crippen LogP contribution in [0.2, 0.25) is 0 Å². The molecule has 0 radical (unpaired) electrons. The highest BCUT2D eigenvalue weighted by Gasteiger charge is 2.22. The van der Waals surface area contributed by atoms with Gasteiger partial charge in [-0.25, -0.2) is 14.1 Å². The molecule has 272 valence electrons. The minimum atomic E-state index is -0.302. The van der Waals surface area contributed by atoms with Gasteiger partial charge in [0.2, 0.25) is 11.8 Å². The van der Waals surface area contributed by atoms with Gasteiger partial charge in [0.15, 0.2) is 5.65 Å². The maximum atomic E-state index is 15.0. The minimum absolute atomic E-state index is 0.0440. The lowest BCUT2D eigenvalue weighted by Gasteiger charge is -2.26. The molecule has 2 saturated heterocycles. The highest BCUT2D eigenvalue weighted by Crippen LogP contribution is 2.31. The number of rotatable bonds is 14. The van der Waals surface area contributed by atoms with Crippen molar-refractivity contribution in [2.75, 3.05) is 44.7 Å². The number of aromatic nitrogens is 3. The van der Waals surface area contributed by atoms with Gasteiger partial charge >= 0.3 is 0 Å². The molecule has 2 amide bonds. The molecule has 0 saturated carbocycles. The molecule has 4 N–H and O–H groups in total. The summed E-state index contributed by atoms with van der Waals surface area (Å²) in [5.74, 6) is -0.756. The van der Waals surface area contributed by atoms with E-state index in [-0.39, 0.29) is 43.1 Å². The number of nitrogens with zero attached hydrogens (tertiary/aromatic N) is 4. The summed E-state index contributed by atoms with van der Waals surface area (Å²) in [7, 11) is 0. The molecule has 6 rings (SSSR count). The number of benzene rings is 2. The molecule has 0 atom stereocenters. The molecule has 0 bridgehead atoms. The topological polar surface area (TPSA) is 125 Å². The fourth-order valence-electron chi connectivity index (χ4n) is 6.95. The van der Waals surface area contributed by atoms with E-state index >= 15 is 4.39 Å². The van der Waals surface area contributed by atoms with Crippen molar-refractivity contribution in [3.8, 4) is 11.1 Å². The first kappa shape index (κ1) is 36.4. The van der Waals surface area contributed by atoms with E-state index in [4.69, 9.17) is 9.72 Å². The number of fused-ring (bicyclic) bond motifs is 1. The second-order valence-corrected chi connectivity index (χ2v) is 13.4. The number of pyridine rings is 1. The molecule has 0 aliphatic carbocycles. The van der Waals surface area contributed by atoms with E-state index in [2.05, 4.69) is 50.3 Å². The number of anilines is 1. The summed E-state index contributed by atoms with van der Waals surface area (Å²) in [5.41, 5.74) is 6.90. The largest absolute Gasteiger partial charge is 0.381 e. The summed E-state index contributed by atoms with van der Waals surface area (Å²) in [5, 5.41) is 18.6. The van der Waals surface area contributed by atoms with Crippen molar-refractivity contribution in [2.24, 2.45) is 0 Å². The van der Waals surface area contributed by atoms with Gasteiger partial charge in [-0.05, 0) is 80.6 Å². The minimum Gasteiger partial charge on any atom is -0.381 e. The Kier molecular flexibility index (Phi) is 12.6. The monoisotopic (exact) mass is 698 g/mol. The number of ether oxygens (including phenoxy) is 1. The Bertz CT molecular complexity index is 1800. The van der Waals surface area contributed by atoms with Crippen LogP contribution in [0.4, 0.5) is 10.1 Å². The Hall–Kier alpha value is -4.39. The van der Waals surface area contributed by atoms with E-state index < -0.39 is 0 Å². The Labute approximate surface area is 299 Å². The second-order valence-electron chi connectivity index (χ2n) is 13.4. The molecule has 11 nitrogen and oxygen atoms in total. The van der Waals surface area contributed by atoms with Crippen molar-refractivity contribution in [3.63, 3.8) is 0 Å². The van der Waals surface area contributed by atoms with Gasteiger partial charge < -0.3 is 26.0 Å². The molecule has 4 heterocycles. The summed E-state index contributed by atoms with van der Waals surface area (Å²) >= 11 is 0. The fraction of sp³-hybridized carbons (Fsp3) is 0.487. The van der Waals surface area contributed by atoms with Crippen molar-refractivity contribution in [1.82, 2.24) is 35.6 Å². The SMILES string of the molecule is CCc1nc2c(cnn2CC)c(NC2CCOCC2)c1CNC(=O)CCC(=O)NCc1ccc(F)c(-c2cccc(CN3CCCNCC3)c2)c1. The van der Waals surface area contributed by atoms with E-state index in [1.54, 1.807) is 12.1 Å². The van der Waals surface area contributed by atoms with Gasteiger partial charge in [-0.2, -0.15) is 5.10 Å². The van der Waals surface area contributed by atoms with Gasteiger partial charge in [-0.3, -0.25) is 14.5 Å². The zero-order valence-electron chi connectivity index (χ0n) is 29.9. The third-order valence-electron chi connectivity index (χ3n) is 9.81. The van der Waals surface area contributed by atoms with E-state index in [9.17, 15) is 9.59 Å². The number of carbonyl (C=O) groups excluding carboxylic acids is 2. The molecule has 12 heteroatoms. The number of hydrogen-bond acceptors (Lipinski definition) is 8. The third kappa shape index (κ3) is 9.49. The number of halogens is 1. The molecular weight excluding hydrogens is 647 g/mol. The van der Waals surface area contributed by atoms with Crippen molar-refractivity contribution >= 4 is 28.5 Å². The van der Waals surface area contributed by atoms with Crippen LogP contribution >= 0.6 is 0 Å². The van der Waals surface area contributed by atoms with E-state index in [0.29, 0.717) is 38.3 Å². The average Bonchev–Trinajstić information content (AvgIpc) is 3.40. The molecule has 2 aromatic carbocycles. The molecule has 4 aromatic rings. The molecule has 2 fully saturated rings. The zero-order chi connectivity index (χ0) is 35.6. The normalized spacial score (nSPS) is 15.8. The lowest BCUT2D eigenvalue weighted by molar-refractivity contribution is -0.126. The molecule has 0 unspecified atom stereocenters. The van der Waals surface area contributed by atoms with Gasteiger partial charge in [0, 0.05) is 88.2 Å². The van der Waals surface area contributed by atoms with E-state index in [1.807, 2.05) is 29.9 Å². The summed E-state index contributed by atoms with van der Waals surface area (Å²) in [6.07, 6.45) is 5.56. The lowest BCUT2D eigenvalue weighted by atomic mass is 10.00. The summed E-state index contributed by atoms with van der Waals surface area (Å²) in [4.78, 5) is 33.2. The molecule has 2 aliphatic rings. The summed E-state index contributed by atoms with van der Waals surface area (Å²) < 4.78 is 22.5. The third-order valence-corrected chi connectivity index (χ3v) is 9.81. The number of nitrogens with one attached hydrogen (secondary N) is 4. The van der Waals surface area contributed by atoms with Crippen LogP contribution in [0.15, 0.2) is 48.7 Å². The van der Waals surface area contributed by atoms with Crippen LogP contribution in [0.25, 0.3) is 22.2 Å². The van der Waals surface area contributed by atoms with Gasteiger partial charge in [0.05, 0.1) is 17.3 Å². The smallest absolute Gasteiger partial charge is 0.220 e. The Morgan fingerprint density at radius 3 is 2.57 bits per heavy atom. The lowest BCUT2D eigenvalue weighted by Crippen LogP contribution is -2.30. The Balaban J connectivity index is 1.04. The highest BCUT2D eigenvalue weighted by atomic mass is 19.1. The predicted octanol–water partition coefficient (Wildman–Crippen LogP) is 4.92. The van der Waals surface area contributed by atoms with Crippen LogP contribution in [0.5, 0.6) is 0 Å². The maximum Gasteiger partial charge on any atom is 0.220 e. The number of hydrogen-bond donors (Lipinski definition) is 4. The van der Waals surface area contributed by atoms with Crippen molar-refractivity contribution in [1.29, 1.82) is 0 Å². The predicted molar refractivity (Wildman–Crippen MR) is 198 cm³/mol. The Morgan fingerprint density at radius 1 is 0.980 bits per heavy atom. The van der Waals surface area contributed by atoms with Crippen molar-refractivity contribution in [3.05, 3.63) is 76.9 Å². The van der Waals surface area contributed by atoms with Crippen LogP contribution in [0, 0.1) is 5.82 Å². The van der Waals surface area contributed by atoms with Gasteiger partial charge in [-0.15, -0.1) is 0 Å². The van der Waals surface area contributed by atoms with Crippen LogP contribution in [-0.2, 0) is 46.9 Å². The molecular formula is C39H51FN8O3. The molecule has 51 heavy (non-hydrogen) atoms. The number of aryl methyl sites for hydroxylation is 2. The first-order valence-electron chi connectivity index (χ1n) is 18.5. The standard InChI is InChI=1S/C39H51FN8O3/c1-3-35-32(38(45-30-13-19-51-20-14-30)33-25-44-48(4-2)39(33)46-35)24-43-37(50)12-11-36(49)42-23-27-9-10-34(40)31(22-27)29-8-5-7-28(21-29)26-47-17-6-15-41-16-18-47/h5,7-10,21-22,25,30,41H,3-4,6,11-20,23-24,26H2,1-2H3,(H,42,49)(H,43,50)(H,45,46). The Morgan fingerprint density at radius 2 is 1.78 bits per heavy atom. The van der Waals surface area contributed by atoms with Crippen LogP contribution in [0.3, 0.4) is 0 Å². The van der Waals surface area contributed by atoms with Crippen LogP contribution in [0.1, 0.15) is 68.3 Å². The number of amides is 2. The van der Waals surface area contributed by atoms with E-state index in [0.717, 1.165) is 96.7 Å². The maximum absolute atomic E-state index is 15.0. The first-order valence-corrected chi connectivity index (χ1v) is 18.5. The molecule has 0 spiro atoms. The van der Waals surface area contributed by atoms with Crippen LogP contribution < -0.4 is 21.3 Å². The van der Waals surface area contributed by atoms with Gasteiger partial charge in [0.25, 0.3) is 0 Å². The van der Waals surface area contributed by atoms with Gasteiger partial charge in [0.1, 0.15) is 5.82 Å². The highest BCUT2D eigenvalue weighted by molar-refractivity contribution is 5.92. The van der Waals surface area contributed by atoms with Gasteiger partial charge in [-0.1, -0.05) is 31.2 Å². The second kappa shape index (κ2) is 17.7. The fourth-order valence-corrected chi connectivity index (χ4v) is 6.95. The summed E-state index contributed by atoms with van der Waals surface area (Å²) in [6.45, 7) is 11.6. The summed E-state index contributed by atoms with van der Waals surface area (Å²) in [6, 6.07) is 13.2. The number of carbonyl (C=O) groups is 2. The quantitative estimate of drug-likeness (QED) is 0.146. The van der Waals surface area contributed by atoms with Crippen molar-refractivity contribution < 1.29 is 18.7 Å². The first-order chi connectivity index (χ1) is 24.9. The molecule has 2 aliphatic heterocycles. The van der Waals surface area contributed by atoms with Crippen LogP contribution in [-0.4, -0.2) is 76.9 Å². The van der Waals surface area contributed by atoms with Crippen molar-refractivity contribution in [2.45, 2.75) is 84.6 Å².